The van der Waals surface area contributed by atoms with Gasteiger partial charge in [-0.3, -0.25) is 0 Å². The van der Waals surface area contributed by atoms with Gasteiger partial charge in [-0.2, -0.15) is 0 Å². The zero-order chi connectivity index (χ0) is 20.8. The second-order valence-corrected chi connectivity index (χ2v) is 11.8. The van der Waals surface area contributed by atoms with Gasteiger partial charge in [-0.1, -0.05) is 50.3 Å². The van der Waals surface area contributed by atoms with Crippen LogP contribution in [0.3, 0.4) is 0 Å². The average molecular weight is 511 g/mol. The molecular weight excluding hydrogens is 479 g/mol. The molecule has 0 amide bonds. The van der Waals surface area contributed by atoms with Gasteiger partial charge in [0.15, 0.2) is 0 Å². The summed E-state index contributed by atoms with van der Waals surface area (Å²) < 4.78 is 26.0. The van der Waals surface area contributed by atoms with Crippen LogP contribution in [0.15, 0.2) is 52.9 Å². The zero-order valence-electron chi connectivity index (χ0n) is 17.8. The van der Waals surface area contributed by atoms with Crippen LogP contribution < -0.4 is 0 Å². The number of rotatable bonds is 10. The van der Waals surface area contributed by atoms with E-state index < -0.39 is 15.4 Å². The van der Waals surface area contributed by atoms with E-state index in [1.165, 1.54) is 11.3 Å². The molecule has 1 heterocycles. The number of hydrogen-bond donors (Lipinski definition) is 1. The summed E-state index contributed by atoms with van der Waals surface area (Å²) >= 11 is 1.23. The Morgan fingerprint density at radius 1 is 1.10 bits per heavy atom. The van der Waals surface area contributed by atoms with Crippen molar-refractivity contribution < 1.29 is 46.2 Å². The van der Waals surface area contributed by atoms with E-state index in [0.29, 0.717) is 0 Å². The Labute approximate surface area is 204 Å². The number of benzene rings is 1. The Morgan fingerprint density at radius 2 is 1.79 bits per heavy atom. The Morgan fingerprint density at radius 3 is 2.45 bits per heavy atom. The number of allylic oxidation sites excluding steroid dienone is 2. The number of unbranched alkanes of at least 4 members (excludes halogenated alkanes) is 1. The number of thiazole rings is 1. The molecular formula is C22H31NO3S2Y. The van der Waals surface area contributed by atoms with Gasteiger partial charge < -0.3 is 5.11 Å². The van der Waals surface area contributed by atoms with E-state index in [1.807, 2.05) is 42.5 Å². The molecule has 157 valence electrons. The second-order valence-electron chi connectivity index (χ2n) is 8.52. The Bertz CT molecular complexity index is 905. The third kappa shape index (κ3) is 9.52. The minimum atomic E-state index is -3.38. The molecule has 0 saturated carbocycles. The summed E-state index contributed by atoms with van der Waals surface area (Å²) in [6.07, 6.45) is 11.4. The predicted molar refractivity (Wildman–Crippen MR) is 118 cm³/mol. The van der Waals surface area contributed by atoms with E-state index in [2.05, 4.69) is 18.8 Å². The molecule has 1 aromatic carbocycles. The summed E-state index contributed by atoms with van der Waals surface area (Å²) in [7, 11) is -3.38. The van der Waals surface area contributed by atoms with E-state index in [-0.39, 0.29) is 48.2 Å². The van der Waals surface area contributed by atoms with E-state index in [1.54, 1.807) is 19.9 Å². The van der Waals surface area contributed by atoms with Gasteiger partial charge in [-0.15, -0.1) is 11.3 Å². The largest absolute Gasteiger partial charge is 0.386 e. The van der Waals surface area contributed by atoms with E-state index >= 15 is 0 Å². The Hall–Kier alpha value is -0.396. The van der Waals surface area contributed by atoms with Crippen molar-refractivity contribution in [2.24, 2.45) is 5.41 Å². The normalized spacial score (nSPS) is 13.4. The molecule has 0 bridgehead atoms. The van der Waals surface area contributed by atoms with Crippen molar-refractivity contribution in [1.82, 2.24) is 4.98 Å². The minimum absolute atomic E-state index is 0. The summed E-state index contributed by atoms with van der Waals surface area (Å²) in [6.45, 7) is 7.96. The molecule has 0 aliphatic carbocycles. The summed E-state index contributed by atoms with van der Waals surface area (Å²) in [5, 5.41) is 9.73. The standard InChI is InChI=1S/C22H31NO3S2.Y/c1-21(2,15-11-16-22(3,4)24)14-9-5-6-10-17-28(25,26)20-23-18-12-7-8-13-19(18)27-20;/h6-8,10-13,16,24H,5,9,14-15,17H2,1-4H3;/b10-6+,16-11-;. The minimum Gasteiger partial charge on any atom is -0.386 e. The van der Waals surface area contributed by atoms with Crippen LogP contribution in [0.2, 0.25) is 0 Å². The SMILES string of the molecule is CC(C)(O)/C=C\CC(C)(C)CCC/C=C/CS(=O)(=O)c1nc2ccccc2s1.[Y]. The van der Waals surface area contributed by atoms with Gasteiger partial charge >= 0.3 is 0 Å². The van der Waals surface area contributed by atoms with Crippen molar-refractivity contribution >= 4 is 31.4 Å². The molecule has 2 aromatic rings. The monoisotopic (exact) mass is 510 g/mol. The maximum absolute atomic E-state index is 12.5. The first-order valence-corrected chi connectivity index (χ1v) is 12.1. The molecule has 7 heteroatoms. The summed E-state index contributed by atoms with van der Waals surface area (Å²) in [4.78, 5) is 4.25. The van der Waals surface area contributed by atoms with Crippen LogP contribution in [0.1, 0.15) is 53.4 Å². The van der Waals surface area contributed by atoms with Crippen LogP contribution in [0.5, 0.6) is 0 Å². The van der Waals surface area contributed by atoms with Crippen LogP contribution in [-0.4, -0.2) is 29.9 Å². The van der Waals surface area contributed by atoms with Crippen LogP contribution in [-0.2, 0) is 42.5 Å². The number of aliphatic hydroxyl groups is 1. The zero-order valence-corrected chi connectivity index (χ0v) is 22.2. The van der Waals surface area contributed by atoms with Gasteiger partial charge in [0.05, 0.1) is 21.6 Å². The third-order valence-electron chi connectivity index (χ3n) is 4.44. The molecule has 0 spiro atoms. The fraction of sp³-hybridized carbons (Fsp3) is 0.500. The van der Waals surface area contributed by atoms with Gasteiger partial charge in [-0.05, 0) is 57.1 Å². The van der Waals surface area contributed by atoms with E-state index in [0.717, 1.165) is 35.9 Å². The fourth-order valence-electron chi connectivity index (χ4n) is 2.83. The van der Waals surface area contributed by atoms with Gasteiger partial charge in [0, 0.05) is 32.7 Å². The molecule has 0 aliphatic heterocycles. The van der Waals surface area contributed by atoms with Crippen LogP contribution in [0.4, 0.5) is 0 Å². The molecule has 0 fully saturated rings. The number of para-hydroxylation sites is 1. The summed E-state index contributed by atoms with van der Waals surface area (Å²) in [6, 6.07) is 7.47. The molecule has 4 nitrogen and oxygen atoms in total. The van der Waals surface area contributed by atoms with Crippen LogP contribution >= 0.6 is 11.3 Å². The van der Waals surface area contributed by atoms with Crippen LogP contribution in [0.25, 0.3) is 10.2 Å². The van der Waals surface area contributed by atoms with Crippen molar-refractivity contribution in [3.05, 3.63) is 48.6 Å². The molecule has 1 radical (unpaired) electrons. The van der Waals surface area contributed by atoms with Gasteiger partial charge in [0.2, 0.25) is 14.2 Å². The predicted octanol–water partition coefficient (Wildman–Crippen LogP) is 5.54. The maximum atomic E-state index is 12.5. The number of nitrogens with zero attached hydrogens (tertiary/aromatic N) is 1. The molecule has 0 aliphatic rings. The molecule has 1 N–H and O–H groups in total. The topological polar surface area (TPSA) is 67.3 Å². The molecule has 2 rings (SSSR count). The van der Waals surface area contributed by atoms with Gasteiger partial charge in [-0.25, -0.2) is 13.4 Å². The average Bonchev–Trinajstić information content (AvgIpc) is 3.01. The fourth-order valence-corrected chi connectivity index (χ4v) is 5.28. The first-order valence-electron chi connectivity index (χ1n) is 9.62. The summed E-state index contributed by atoms with van der Waals surface area (Å²) in [5.74, 6) is -0.00939. The first-order chi connectivity index (χ1) is 13.0. The molecule has 0 unspecified atom stereocenters. The van der Waals surface area contributed by atoms with Gasteiger partial charge in [0.25, 0.3) is 0 Å². The molecule has 0 saturated heterocycles. The maximum Gasteiger partial charge on any atom is 0.210 e. The second kappa shape index (κ2) is 11.3. The van der Waals surface area contributed by atoms with E-state index in [4.69, 9.17) is 0 Å². The number of aromatic nitrogens is 1. The molecule has 0 atom stereocenters. The molecule has 29 heavy (non-hydrogen) atoms. The Kier molecular flexibility index (Phi) is 10.4. The van der Waals surface area contributed by atoms with E-state index in [9.17, 15) is 13.5 Å². The first kappa shape index (κ1) is 26.6. The third-order valence-corrected chi connectivity index (χ3v) is 7.54. The van der Waals surface area contributed by atoms with Crippen molar-refractivity contribution in [2.45, 2.75) is 63.3 Å². The molecule has 1 aromatic heterocycles. The quantitative estimate of drug-likeness (QED) is 0.337. The van der Waals surface area contributed by atoms with Crippen LogP contribution in [0, 0.1) is 5.41 Å². The number of sulfone groups is 1. The van der Waals surface area contributed by atoms with Gasteiger partial charge in [0.1, 0.15) is 0 Å². The van der Waals surface area contributed by atoms with Crippen molar-refractivity contribution in [1.29, 1.82) is 0 Å². The smallest absolute Gasteiger partial charge is 0.210 e. The Balaban J connectivity index is 0.00000420. The van der Waals surface area contributed by atoms with Crippen molar-refractivity contribution in [3.8, 4) is 0 Å². The number of hydrogen-bond acceptors (Lipinski definition) is 5. The van der Waals surface area contributed by atoms with Crippen molar-refractivity contribution in [3.63, 3.8) is 0 Å². The van der Waals surface area contributed by atoms with Crippen molar-refractivity contribution in [2.75, 3.05) is 5.75 Å². The number of fused-ring (bicyclic) bond motifs is 1. The summed E-state index contributed by atoms with van der Waals surface area (Å²) in [5.41, 5.74) is 0.117.